The van der Waals surface area contributed by atoms with E-state index in [1.165, 1.54) is 6.08 Å². The number of nitrogens with one attached hydrogen (secondary N) is 1. The highest BCUT2D eigenvalue weighted by atomic mass is 16.5. The lowest BCUT2D eigenvalue weighted by molar-refractivity contribution is -0.116. The summed E-state index contributed by atoms with van der Waals surface area (Å²) in [5.74, 6) is -0.135. The summed E-state index contributed by atoms with van der Waals surface area (Å²) >= 11 is 0. The van der Waals surface area contributed by atoms with Crippen LogP contribution in [0.4, 0.5) is 5.69 Å². The number of nitrogen functional groups attached to an aromatic ring is 1. The SMILES string of the molecule is C=CCCOCCNC(=O)/C=C/c1ccc(N)cc1. The van der Waals surface area contributed by atoms with Crippen molar-refractivity contribution in [1.82, 2.24) is 5.32 Å². The zero-order chi connectivity index (χ0) is 13.9. The molecule has 4 heteroatoms. The predicted molar refractivity (Wildman–Crippen MR) is 78.5 cm³/mol. The van der Waals surface area contributed by atoms with Gasteiger partial charge in [0.25, 0.3) is 0 Å². The largest absolute Gasteiger partial charge is 0.399 e. The summed E-state index contributed by atoms with van der Waals surface area (Å²) in [5.41, 5.74) is 7.22. The Labute approximate surface area is 114 Å². The van der Waals surface area contributed by atoms with E-state index >= 15 is 0 Å². The molecule has 1 aromatic rings. The van der Waals surface area contributed by atoms with Gasteiger partial charge in [0.2, 0.25) is 5.91 Å². The van der Waals surface area contributed by atoms with Crippen molar-refractivity contribution in [3.8, 4) is 0 Å². The fraction of sp³-hybridized carbons (Fsp3) is 0.267. The highest BCUT2D eigenvalue weighted by Gasteiger charge is 1.94. The van der Waals surface area contributed by atoms with Gasteiger partial charge in [0.05, 0.1) is 13.2 Å². The normalized spacial score (nSPS) is 10.5. The maximum Gasteiger partial charge on any atom is 0.244 e. The monoisotopic (exact) mass is 260 g/mol. The third kappa shape index (κ3) is 7.06. The predicted octanol–water partition coefficient (Wildman–Crippen LogP) is 1.99. The minimum atomic E-state index is -0.135. The van der Waals surface area contributed by atoms with Crippen LogP contribution in [0.5, 0.6) is 0 Å². The molecule has 0 bridgehead atoms. The van der Waals surface area contributed by atoms with Crippen molar-refractivity contribution in [1.29, 1.82) is 0 Å². The van der Waals surface area contributed by atoms with Gasteiger partial charge in [0, 0.05) is 18.3 Å². The summed E-state index contributed by atoms with van der Waals surface area (Å²) in [5, 5.41) is 2.74. The van der Waals surface area contributed by atoms with Crippen LogP contribution in [0.3, 0.4) is 0 Å². The number of ether oxygens (including phenoxy) is 1. The van der Waals surface area contributed by atoms with Crippen molar-refractivity contribution in [2.24, 2.45) is 0 Å². The molecule has 0 saturated carbocycles. The van der Waals surface area contributed by atoms with Gasteiger partial charge in [0.15, 0.2) is 0 Å². The highest BCUT2D eigenvalue weighted by Crippen LogP contribution is 2.06. The highest BCUT2D eigenvalue weighted by molar-refractivity contribution is 5.91. The van der Waals surface area contributed by atoms with Crippen molar-refractivity contribution >= 4 is 17.7 Å². The molecule has 1 amide bonds. The maximum absolute atomic E-state index is 11.5. The number of carbonyl (C=O) groups excluding carboxylic acids is 1. The Kier molecular flexibility index (Phi) is 7.05. The first kappa shape index (κ1) is 15.0. The van der Waals surface area contributed by atoms with E-state index < -0.39 is 0 Å². The molecule has 1 aromatic carbocycles. The first-order valence-electron chi connectivity index (χ1n) is 6.22. The lowest BCUT2D eigenvalue weighted by Crippen LogP contribution is -2.25. The zero-order valence-corrected chi connectivity index (χ0v) is 11.0. The van der Waals surface area contributed by atoms with Gasteiger partial charge in [-0.2, -0.15) is 0 Å². The quantitative estimate of drug-likeness (QED) is 0.325. The molecule has 0 aliphatic rings. The smallest absolute Gasteiger partial charge is 0.244 e. The summed E-state index contributed by atoms with van der Waals surface area (Å²) in [7, 11) is 0. The fourth-order valence-electron chi connectivity index (χ4n) is 1.35. The first-order valence-corrected chi connectivity index (χ1v) is 6.22. The second kappa shape index (κ2) is 8.94. The van der Waals surface area contributed by atoms with Crippen molar-refractivity contribution in [3.05, 3.63) is 48.6 Å². The molecular formula is C15H20N2O2. The van der Waals surface area contributed by atoms with Gasteiger partial charge >= 0.3 is 0 Å². The van der Waals surface area contributed by atoms with Crippen LogP contribution in [0.2, 0.25) is 0 Å². The van der Waals surface area contributed by atoms with E-state index in [4.69, 9.17) is 10.5 Å². The molecule has 0 saturated heterocycles. The van der Waals surface area contributed by atoms with E-state index in [9.17, 15) is 4.79 Å². The summed E-state index contributed by atoms with van der Waals surface area (Å²) < 4.78 is 5.28. The van der Waals surface area contributed by atoms with E-state index in [-0.39, 0.29) is 5.91 Å². The third-order valence-electron chi connectivity index (χ3n) is 2.38. The molecule has 0 spiro atoms. The minimum Gasteiger partial charge on any atom is -0.399 e. The van der Waals surface area contributed by atoms with Crippen LogP contribution >= 0.6 is 0 Å². The fourth-order valence-corrected chi connectivity index (χ4v) is 1.35. The number of nitrogens with two attached hydrogens (primary N) is 1. The van der Waals surface area contributed by atoms with Crippen LogP contribution in [-0.2, 0) is 9.53 Å². The Morgan fingerprint density at radius 1 is 1.32 bits per heavy atom. The van der Waals surface area contributed by atoms with E-state index in [1.807, 2.05) is 12.1 Å². The van der Waals surface area contributed by atoms with Gasteiger partial charge in [-0.15, -0.1) is 6.58 Å². The van der Waals surface area contributed by atoms with Crippen LogP contribution in [0.15, 0.2) is 43.0 Å². The number of amides is 1. The van der Waals surface area contributed by atoms with Crippen LogP contribution in [0, 0.1) is 0 Å². The van der Waals surface area contributed by atoms with Gasteiger partial charge in [0.1, 0.15) is 0 Å². The molecule has 19 heavy (non-hydrogen) atoms. The molecule has 0 aromatic heterocycles. The standard InChI is InChI=1S/C15H20N2O2/c1-2-3-11-19-12-10-17-15(18)9-6-13-4-7-14(16)8-5-13/h2,4-9H,1,3,10-12,16H2,(H,17,18)/b9-6+. The average molecular weight is 260 g/mol. The summed E-state index contributed by atoms with van der Waals surface area (Å²) in [6, 6.07) is 7.31. The van der Waals surface area contributed by atoms with Gasteiger partial charge in [-0.3, -0.25) is 4.79 Å². The Balaban J connectivity index is 2.20. The van der Waals surface area contributed by atoms with Crippen molar-refractivity contribution in [2.45, 2.75) is 6.42 Å². The Bertz CT molecular complexity index is 424. The molecule has 0 unspecified atom stereocenters. The molecule has 102 valence electrons. The zero-order valence-electron chi connectivity index (χ0n) is 11.0. The van der Waals surface area contributed by atoms with Crippen LogP contribution in [0.1, 0.15) is 12.0 Å². The van der Waals surface area contributed by atoms with Crippen molar-refractivity contribution < 1.29 is 9.53 Å². The lowest BCUT2D eigenvalue weighted by Gasteiger charge is -2.03. The first-order chi connectivity index (χ1) is 9.22. The number of hydrogen-bond acceptors (Lipinski definition) is 3. The van der Waals surface area contributed by atoms with Crippen LogP contribution in [0.25, 0.3) is 6.08 Å². The molecule has 0 fully saturated rings. The average Bonchev–Trinajstić information content (AvgIpc) is 2.42. The molecule has 0 aliphatic heterocycles. The van der Waals surface area contributed by atoms with Crippen molar-refractivity contribution in [3.63, 3.8) is 0 Å². The Hall–Kier alpha value is -2.07. The van der Waals surface area contributed by atoms with E-state index in [2.05, 4.69) is 11.9 Å². The molecule has 4 nitrogen and oxygen atoms in total. The van der Waals surface area contributed by atoms with E-state index in [0.717, 1.165) is 12.0 Å². The number of anilines is 1. The molecular weight excluding hydrogens is 240 g/mol. The van der Waals surface area contributed by atoms with Gasteiger partial charge in [-0.05, 0) is 30.2 Å². The van der Waals surface area contributed by atoms with Crippen LogP contribution < -0.4 is 11.1 Å². The number of carbonyl (C=O) groups is 1. The number of hydrogen-bond donors (Lipinski definition) is 2. The molecule has 1 rings (SSSR count). The second-order valence-corrected chi connectivity index (χ2v) is 3.98. The van der Waals surface area contributed by atoms with E-state index in [0.29, 0.717) is 25.4 Å². The van der Waals surface area contributed by atoms with Gasteiger partial charge in [-0.1, -0.05) is 18.2 Å². The molecule has 0 radical (unpaired) electrons. The molecule has 0 heterocycles. The molecule has 3 N–H and O–H groups in total. The van der Waals surface area contributed by atoms with Crippen LogP contribution in [-0.4, -0.2) is 25.7 Å². The molecule has 0 atom stereocenters. The van der Waals surface area contributed by atoms with Crippen molar-refractivity contribution in [2.75, 3.05) is 25.5 Å². The number of benzene rings is 1. The maximum atomic E-state index is 11.5. The Morgan fingerprint density at radius 3 is 2.74 bits per heavy atom. The Morgan fingerprint density at radius 2 is 2.05 bits per heavy atom. The summed E-state index contributed by atoms with van der Waals surface area (Å²) in [6.07, 6.45) is 5.86. The summed E-state index contributed by atoms with van der Waals surface area (Å²) in [4.78, 5) is 11.5. The summed E-state index contributed by atoms with van der Waals surface area (Å²) in [6.45, 7) is 5.25. The number of rotatable bonds is 8. The topological polar surface area (TPSA) is 64.3 Å². The van der Waals surface area contributed by atoms with E-state index in [1.54, 1.807) is 24.3 Å². The minimum absolute atomic E-state index is 0.135. The molecule has 0 aliphatic carbocycles. The van der Waals surface area contributed by atoms with Gasteiger partial charge in [-0.25, -0.2) is 0 Å². The van der Waals surface area contributed by atoms with Gasteiger partial charge < -0.3 is 15.8 Å². The third-order valence-corrected chi connectivity index (χ3v) is 2.38. The second-order valence-electron chi connectivity index (χ2n) is 3.98. The lowest BCUT2D eigenvalue weighted by atomic mass is 10.2.